The number of morpholine rings is 1. The number of hydrogen-bond donors (Lipinski definition) is 2. The number of aliphatic hydroxyl groups excluding tert-OH is 1. The third kappa shape index (κ3) is 1.72. The molecule has 2 fully saturated rings. The summed E-state index contributed by atoms with van der Waals surface area (Å²) in [5, 5.41) is 12.1. The van der Waals surface area contributed by atoms with Crippen molar-refractivity contribution in [3.63, 3.8) is 0 Å². The largest absolute Gasteiger partial charge is 0.394 e. The molecule has 3 nitrogen and oxygen atoms in total. The zero-order valence-electron chi connectivity index (χ0n) is 6.62. The van der Waals surface area contributed by atoms with Crippen LogP contribution in [0.25, 0.3) is 0 Å². The Balaban J connectivity index is 1.82. The average Bonchev–Trinajstić information content (AvgIpc) is 2.87. The summed E-state index contributed by atoms with van der Waals surface area (Å²) in [4.78, 5) is 0. The van der Waals surface area contributed by atoms with Gasteiger partial charge in [0.2, 0.25) is 0 Å². The van der Waals surface area contributed by atoms with Crippen LogP contribution in [0.4, 0.5) is 0 Å². The molecule has 1 aliphatic carbocycles. The van der Waals surface area contributed by atoms with Gasteiger partial charge in [-0.3, -0.25) is 0 Å². The van der Waals surface area contributed by atoms with Crippen molar-refractivity contribution in [2.24, 2.45) is 5.92 Å². The minimum Gasteiger partial charge on any atom is -0.394 e. The molecule has 0 radical (unpaired) electrons. The molecular weight excluding hydrogens is 142 g/mol. The van der Waals surface area contributed by atoms with Gasteiger partial charge in [0.05, 0.1) is 18.8 Å². The van der Waals surface area contributed by atoms with Gasteiger partial charge in [-0.15, -0.1) is 0 Å². The Kier molecular flexibility index (Phi) is 2.11. The normalized spacial score (nSPS) is 39.0. The van der Waals surface area contributed by atoms with Gasteiger partial charge in [-0.2, -0.15) is 0 Å². The number of ether oxygens (including phenoxy) is 1. The molecule has 1 heterocycles. The van der Waals surface area contributed by atoms with Crippen molar-refractivity contribution in [2.75, 3.05) is 19.7 Å². The second-order valence-electron chi connectivity index (χ2n) is 3.47. The number of hydrogen-bond acceptors (Lipinski definition) is 3. The Bertz CT molecular complexity index is 136. The predicted molar refractivity (Wildman–Crippen MR) is 41.3 cm³/mol. The highest BCUT2D eigenvalue weighted by Gasteiger charge is 2.35. The summed E-state index contributed by atoms with van der Waals surface area (Å²) in [5.74, 6) is 0.775. The van der Waals surface area contributed by atoms with Gasteiger partial charge in [-0.05, 0) is 18.8 Å². The van der Waals surface area contributed by atoms with E-state index in [9.17, 15) is 0 Å². The Labute approximate surface area is 66.7 Å². The van der Waals surface area contributed by atoms with E-state index >= 15 is 0 Å². The van der Waals surface area contributed by atoms with E-state index in [2.05, 4.69) is 5.32 Å². The van der Waals surface area contributed by atoms with Gasteiger partial charge in [0.25, 0.3) is 0 Å². The van der Waals surface area contributed by atoms with E-state index in [0.717, 1.165) is 19.0 Å². The molecule has 0 bridgehead atoms. The lowest BCUT2D eigenvalue weighted by Gasteiger charge is -2.29. The molecule has 2 N–H and O–H groups in total. The standard InChI is InChI=1S/C8H15NO2/c10-5-7-3-9-4-8(11-7)6-1-2-6/h6-10H,1-5H2/t7-,8+/m0/s1. The van der Waals surface area contributed by atoms with Crippen LogP contribution in [-0.2, 0) is 4.74 Å². The quantitative estimate of drug-likeness (QED) is 0.580. The molecule has 1 saturated carbocycles. The molecule has 0 aromatic rings. The Morgan fingerprint density at radius 3 is 2.82 bits per heavy atom. The van der Waals surface area contributed by atoms with Crippen molar-refractivity contribution >= 4 is 0 Å². The molecule has 2 aliphatic rings. The van der Waals surface area contributed by atoms with Gasteiger partial charge in [-0.25, -0.2) is 0 Å². The molecule has 1 saturated heterocycles. The first-order chi connectivity index (χ1) is 5.40. The zero-order chi connectivity index (χ0) is 7.68. The van der Waals surface area contributed by atoms with Gasteiger partial charge in [0.15, 0.2) is 0 Å². The molecule has 64 valence electrons. The van der Waals surface area contributed by atoms with E-state index in [-0.39, 0.29) is 12.7 Å². The summed E-state index contributed by atoms with van der Waals surface area (Å²) >= 11 is 0. The topological polar surface area (TPSA) is 41.5 Å². The van der Waals surface area contributed by atoms with Gasteiger partial charge < -0.3 is 15.2 Å². The molecule has 11 heavy (non-hydrogen) atoms. The van der Waals surface area contributed by atoms with Crippen molar-refractivity contribution in [3.8, 4) is 0 Å². The zero-order valence-corrected chi connectivity index (χ0v) is 6.62. The first-order valence-electron chi connectivity index (χ1n) is 4.37. The fraction of sp³-hybridized carbons (Fsp3) is 1.00. The van der Waals surface area contributed by atoms with Crippen LogP contribution in [0.2, 0.25) is 0 Å². The van der Waals surface area contributed by atoms with E-state index in [1.165, 1.54) is 12.8 Å². The Hall–Kier alpha value is -0.120. The lowest BCUT2D eigenvalue weighted by molar-refractivity contribution is -0.0690. The third-order valence-corrected chi connectivity index (χ3v) is 2.44. The maximum atomic E-state index is 8.85. The summed E-state index contributed by atoms with van der Waals surface area (Å²) in [5.41, 5.74) is 0. The van der Waals surface area contributed by atoms with E-state index < -0.39 is 0 Å². The molecule has 3 heteroatoms. The van der Waals surface area contributed by atoms with Gasteiger partial charge in [0.1, 0.15) is 0 Å². The lowest BCUT2D eigenvalue weighted by atomic mass is 10.2. The smallest absolute Gasteiger partial charge is 0.0934 e. The van der Waals surface area contributed by atoms with E-state index in [1.807, 2.05) is 0 Å². The minimum atomic E-state index is 0.0364. The number of rotatable bonds is 2. The Morgan fingerprint density at radius 1 is 1.36 bits per heavy atom. The third-order valence-electron chi connectivity index (χ3n) is 2.44. The summed E-state index contributed by atoms with van der Waals surface area (Å²) in [6.07, 6.45) is 3.03. The second-order valence-corrected chi connectivity index (χ2v) is 3.47. The fourth-order valence-electron chi connectivity index (χ4n) is 1.58. The van der Waals surface area contributed by atoms with Crippen LogP contribution in [0, 0.1) is 5.92 Å². The first-order valence-corrected chi connectivity index (χ1v) is 4.37. The lowest BCUT2D eigenvalue weighted by Crippen LogP contribution is -2.47. The van der Waals surface area contributed by atoms with Gasteiger partial charge in [-0.1, -0.05) is 0 Å². The number of aliphatic hydroxyl groups is 1. The van der Waals surface area contributed by atoms with Crippen LogP contribution >= 0.6 is 0 Å². The molecule has 1 aliphatic heterocycles. The molecule has 0 aromatic heterocycles. The van der Waals surface area contributed by atoms with Crippen LogP contribution in [0.15, 0.2) is 0 Å². The number of nitrogens with one attached hydrogen (secondary N) is 1. The van der Waals surface area contributed by atoms with Crippen LogP contribution in [0.5, 0.6) is 0 Å². The molecule has 2 atom stereocenters. The first kappa shape index (κ1) is 7.53. The van der Waals surface area contributed by atoms with Crippen molar-refractivity contribution in [1.29, 1.82) is 0 Å². The van der Waals surface area contributed by atoms with Gasteiger partial charge in [0, 0.05) is 13.1 Å². The van der Waals surface area contributed by atoms with Crippen molar-refractivity contribution < 1.29 is 9.84 Å². The van der Waals surface area contributed by atoms with Crippen LogP contribution < -0.4 is 5.32 Å². The van der Waals surface area contributed by atoms with Gasteiger partial charge >= 0.3 is 0 Å². The SMILES string of the molecule is OC[C@@H]1CNC[C@H](C2CC2)O1. The summed E-state index contributed by atoms with van der Waals surface area (Å²) in [6, 6.07) is 0. The Morgan fingerprint density at radius 2 is 2.18 bits per heavy atom. The highest BCUT2D eigenvalue weighted by molar-refractivity contribution is 4.87. The van der Waals surface area contributed by atoms with Crippen LogP contribution in [0.3, 0.4) is 0 Å². The molecule has 0 unspecified atom stereocenters. The second kappa shape index (κ2) is 3.09. The highest BCUT2D eigenvalue weighted by atomic mass is 16.5. The van der Waals surface area contributed by atoms with E-state index in [4.69, 9.17) is 9.84 Å². The summed E-state index contributed by atoms with van der Waals surface area (Å²) < 4.78 is 5.65. The maximum Gasteiger partial charge on any atom is 0.0934 e. The minimum absolute atomic E-state index is 0.0364. The summed E-state index contributed by atoms with van der Waals surface area (Å²) in [6.45, 7) is 1.93. The molecule has 0 amide bonds. The molecule has 2 rings (SSSR count). The molecular formula is C8H15NO2. The molecule has 0 spiro atoms. The van der Waals surface area contributed by atoms with Crippen molar-refractivity contribution in [1.82, 2.24) is 5.32 Å². The summed E-state index contributed by atoms with van der Waals surface area (Å²) in [7, 11) is 0. The van der Waals surface area contributed by atoms with Crippen molar-refractivity contribution in [3.05, 3.63) is 0 Å². The highest BCUT2D eigenvalue weighted by Crippen LogP contribution is 2.35. The average molecular weight is 157 g/mol. The fourth-order valence-corrected chi connectivity index (χ4v) is 1.58. The predicted octanol–water partition coefficient (Wildman–Crippen LogP) is -0.254. The molecule has 0 aromatic carbocycles. The van der Waals surface area contributed by atoms with Crippen LogP contribution in [-0.4, -0.2) is 37.0 Å². The maximum absolute atomic E-state index is 8.85. The monoisotopic (exact) mass is 157 g/mol. The van der Waals surface area contributed by atoms with E-state index in [0.29, 0.717) is 6.10 Å². The van der Waals surface area contributed by atoms with Crippen LogP contribution in [0.1, 0.15) is 12.8 Å². The van der Waals surface area contributed by atoms with Crippen molar-refractivity contribution in [2.45, 2.75) is 25.0 Å². The van der Waals surface area contributed by atoms with E-state index in [1.54, 1.807) is 0 Å².